The highest BCUT2D eigenvalue weighted by Crippen LogP contribution is 2.31. The van der Waals surface area contributed by atoms with Crippen LogP contribution in [0.2, 0.25) is 0 Å². The van der Waals surface area contributed by atoms with Gasteiger partial charge in [0, 0.05) is 20.3 Å². The Hall–Kier alpha value is -5.70. The van der Waals surface area contributed by atoms with Gasteiger partial charge in [0.25, 0.3) is 0 Å². The summed E-state index contributed by atoms with van der Waals surface area (Å²) in [6.07, 6.45) is -17.8. The van der Waals surface area contributed by atoms with E-state index in [1.54, 1.807) is 0 Å². The summed E-state index contributed by atoms with van der Waals surface area (Å²) in [4.78, 5) is 123. The highest BCUT2D eigenvalue weighted by molar-refractivity contribution is 5.93. The van der Waals surface area contributed by atoms with E-state index in [9.17, 15) is 83.7 Å². The van der Waals surface area contributed by atoms with Gasteiger partial charge in [-0.15, -0.1) is 0 Å². The van der Waals surface area contributed by atoms with Crippen molar-refractivity contribution in [3.8, 4) is 0 Å². The van der Waals surface area contributed by atoms with Gasteiger partial charge in [0.05, 0.1) is 19.6 Å². The largest absolute Gasteiger partial charge is 0.480 e. The van der Waals surface area contributed by atoms with Gasteiger partial charge in [0.2, 0.25) is 41.4 Å². The van der Waals surface area contributed by atoms with Gasteiger partial charge < -0.3 is 103 Å². The highest BCUT2D eigenvalue weighted by Gasteiger charge is 2.53. The second-order valence-corrected chi connectivity index (χ2v) is 16.0. The molecule has 0 aliphatic carbocycles. The molecule has 16 unspecified atom stereocenters. The van der Waals surface area contributed by atoms with E-state index in [0.717, 1.165) is 27.7 Å². The van der Waals surface area contributed by atoms with Crippen LogP contribution in [0.15, 0.2) is 0 Å². The Morgan fingerprint density at radius 1 is 0.647 bits per heavy atom. The molecule has 18 N–H and O–H groups in total. The Morgan fingerprint density at radius 2 is 1.22 bits per heavy atom. The Balaban J connectivity index is 2.23. The number of nitrogens with one attached hydrogen (secondary N) is 6. The van der Waals surface area contributed by atoms with Crippen molar-refractivity contribution < 1.29 is 108 Å². The van der Waals surface area contributed by atoms with Crippen LogP contribution in [-0.2, 0) is 66.9 Å². The molecule has 2 heterocycles. The van der Waals surface area contributed by atoms with Crippen molar-refractivity contribution in [2.45, 2.75) is 164 Å². The fourth-order valence-electron chi connectivity index (χ4n) is 6.92. The first-order valence-electron chi connectivity index (χ1n) is 21.1. The molecule has 0 aromatic rings. The van der Waals surface area contributed by atoms with E-state index in [-0.39, 0.29) is 19.3 Å². The molecular weight excluding hydrogens is 920 g/mol. The third-order valence-electron chi connectivity index (χ3n) is 10.5. The maximum atomic E-state index is 13.5. The maximum absolute atomic E-state index is 13.5. The number of carbonyl (C=O) groups is 10. The number of primary amides is 1. The predicted octanol–water partition coefficient (Wildman–Crippen LogP) is -8.33. The van der Waals surface area contributed by atoms with Crippen LogP contribution < -0.4 is 43.4 Å². The minimum Gasteiger partial charge on any atom is -0.480 e. The first kappa shape index (κ1) is 58.4. The van der Waals surface area contributed by atoms with Crippen LogP contribution in [0, 0.1) is 0 Å². The normalized spacial score (nSPS) is 27.3. The number of ether oxygens (including phenoxy) is 4. The van der Waals surface area contributed by atoms with E-state index in [2.05, 4.69) is 26.6 Å². The van der Waals surface area contributed by atoms with Gasteiger partial charge in [-0.1, -0.05) is 0 Å². The quantitative estimate of drug-likeness (QED) is 0.0363. The summed E-state index contributed by atoms with van der Waals surface area (Å²) in [6.45, 7) is 2.67. The molecule has 68 heavy (non-hydrogen) atoms. The monoisotopic (exact) mass is 982 g/mol. The first-order valence-corrected chi connectivity index (χ1v) is 21.1. The first-order chi connectivity index (χ1) is 31.7. The standard InChI is InChI=1S/C38H62N8O22/c1-13(31(55)45-19(35(60)61)8-9-24(52)44-18(7-5-6-17(39)34(58)59)33(57)46-20(36(62)63)10-23(40)51)41-32(56)14(2)65-30-26(43-16(4)50)37(64)66-22(12-48)29(30)68-38-25(42-15(3)49)28(54)27(53)21(11-47)67-38/h13-14,17-22,25-30,37-38,47-48,53-54,64H,5-12,39H2,1-4H3,(H2,40,51)(H,41,56)(H,42,49)(H,43,50)(H,44,52)(H,45,55)(H,46,57)(H,58,59)(H,60,61)(H,62,63). The van der Waals surface area contributed by atoms with Crippen molar-refractivity contribution in [3.05, 3.63) is 0 Å². The molecule has 30 heteroatoms. The average Bonchev–Trinajstić information content (AvgIpc) is 3.24. The number of amides is 7. The minimum absolute atomic E-state index is 0.0801. The molecular formula is C38H62N8O22. The molecule has 0 bridgehead atoms. The lowest BCUT2D eigenvalue weighted by Gasteiger charge is -2.48. The van der Waals surface area contributed by atoms with Crippen LogP contribution >= 0.6 is 0 Å². The van der Waals surface area contributed by atoms with Gasteiger partial charge >= 0.3 is 17.9 Å². The molecule has 2 saturated heterocycles. The Labute approximate surface area is 387 Å². The van der Waals surface area contributed by atoms with Crippen LogP contribution in [-0.4, -0.2) is 211 Å². The lowest BCUT2D eigenvalue weighted by Crippen LogP contribution is -2.70. The van der Waals surface area contributed by atoms with Crippen molar-refractivity contribution >= 4 is 59.3 Å². The zero-order chi connectivity index (χ0) is 51.7. The molecule has 2 aliphatic rings. The third kappa shape index (κ3) is 17.7. The number of carboxylic acids is 3. The van der Waals surface area contributed by atoms with E-state index in [1.807, 2.05) is 5.32 Å². The van der Waals surface area contributed by atoms with E-state index >= 15 is 0 Å². The molecule has 7 amide bonds. The minimum atomic E-state index is -1.92. The zero-order valence-electron chi connectivity index (χ0n) is 37.3. The summed E-state index contributed by atoms with van der Waals surface area (Å²) in [5.41, 5.74) is 10.5. The summed E-state index contributed by atoms with van der Waals surface area (Å²) in [5.74, 6) is -11.4. The summed E-state index contributed by atoms with van der Waals surface area (Å²) in [7, 11) is 0. The molecule has 0 aromatic heterocycles. The summed E-state index contributed by atoms with van der Waals surface area (Å²) >= 11 is 0. The number of carbonyl (C=O) groups excluding carboxylic acids is 7. The van der Waals surface area contributed by atoms with E-state index in [4.69, 9.17) is 35.5 Å². The van der Waals surface area contributed by atoms with Crippen molar-refractivity contribution in [3.63, 3.8) is 0 Å². The van der Waals surface area contributed by atoms with Crippen LogP contribution in [0.5, 0.6) is 0 Å². The Bertz CT molecular complexity index is 1810. The number of rotatable bonds is 27. The topological polar surface area (TPSA) is 494 Å². The number of aliphatic hydroxyl groups is 5. The van der Waals surface area contributed by atoms with Gasteiger partial charge in [-0.25, -0.2) is 9.59 Å². The molecule has 0 spiro atoms. The molecule has 386 valence electrons. The fourth-order valence-corrected chi connectivity index (χ4v) is 6.92. The SMILES string of the molecule is CC(=O)NC1C(OC2C(CO)OC(O)C(NC(C)=O)C2OC(C)C(=O)NC(C)C(=O)NC(CCC(=O)NC(CCCC(N)C(=O)O)C(=O)NC(CC(N)=O)C(=O)O)C(=O)O)OC(CO)C(O)C1O. The number of carboxylic acid groups (broad SMARTS) is 3. The molecule has 0 radical (unpaired) electrons. The number of aliphatic hydroxyl groups excluding tert-OH is 5. The molecule has 2 aliphatic heterocycles. The number of nitrogens with two attached hydrogens (primary N) is 2. The number of hydrogen-bond acceptors (Lipinski definition) is 20. The summed E-state index contributed by atoms with van der Waals surface area (Å²) in [6, 6.07) is -11.1. The lowest BCUT2D eigenvalue weighted by atomic mass is 9.94. The van der Waals surface area contributed by atoms with Gasteiger partial charge in [-0.2, -0.15) is 0 Å². The second-order valence-electron chi connectivity index (χ2n) is 16.0. The maximum Gasteiger partial charge on any atom is 0.326 e. The highest BCUT2D eigenvalue weighted by atomic mass is 16.7. The van der Waals surface area contributed by atoms with Crippen molar-refractivity contribution in [1.82, 2.24) is 31.9 Å². The molecule has 2 fully saturated rings. The molecule has 16 atom stereocenters. The van der Waals surface area contributed by atoms with Crippen LogP contribution in [0.3, 0.4) is 0 Å². The van der Waals surface area contributed by atoms with E-state index in [1.165, 1.54) is 0 Å². The smallest absolute Gasteiger partial charge is 0.326 e. The van der Waals surface area contributed by atoms with Gasteiger partial charge in [0.15, 0.2) is 12.6 Å². The average molecular weight is 983 g/mol. The van der Waals surface area contributed by atoms with Crippen molar-refractivity contribution in [1.29, 1.82) is 0 Å². The van der Waals surface area contributed by atoms with Gasteiger partial charge in [0.1, 0.15) is 85.0 Å². The lowest BCUT2D eigenvalue weighted by molar-refractivity contribution is -0.333. The summed E-state index contributed by atoms with van der Waals surface area (Å²) in [5, 5.41) is 93.9. The van der Waals surface area contributed by atoms with E-state index < -0.39 is 189 Å². The van der Waals surface area contributed by atoms with Crippen molar-refractivity contribution in [2.24, 2.45) is 11.5 Å². The van der Waals surface area contributed by atoms with Crippen LogP contribution in [0.25, 0.3) is 0 Å². The van der Waals surface area contributed by atoms with Gasteiger partial charge in [-0.3, -0.25) is 38.4 Å². The molecule has 0 aromatic carbocycles. The van der Waals surface area contributed by atoms with Gasteiger partial charge in [-0.05, 0) is 39.5 Å². The third-order valence-corrected chi connectivity index (χ3v) is 10.5. The molecule has 0 saturated carbocycles. The summed E-state index contributed by atoms with van der Waals surface area (Å²) < 4.78 is 23.1. The van der Waals surface area contributed by atoms with Crippen molar-refractivity contribution in [2.75, 3.05) is 13.2 Å². The Kier molecular flexibility index (Phi) is 23.5. The zero-order valence-corrected chi connectivity index (χ0v) is 37.3. The number of aliphatic carboxylic acids is 3. The predicted molar refractivity (Wildman–Crippen MR) is 221 cm³/mol. The van der Waals surface area contributed by atoms with E-state index in [0.29, 0.717) is 0 Å². The molecule has 30 nitrogen and oxygen atoms in total. The van der Waals surface area contributed by atoms with Crippen LogP contribution in [0.1, 0.15) is 66.2 Å². The second kappa shape index (κ2) is 27.3. The fraction of sp³-hybridized carbons (Fsp3) is 0.737. The van der Waals surface area contributed by atoms with Crippen LogP contribution in [0.4, 0.5) is 0 Å². The Morgan fingerprint density at radius 3 is 1.75 bits per heavy atom. The number of hydrogen-bond donors (Lipinski definition) is 16. The molecule has 2 rings (SSSR count).